The van der Waals surface area contributed by atoms with E-state index in [2.05, 4.69) is 0 Å². The topological polar surface area (TPSA) is 43.1 Å². The lowest BCUT2D eigenvalue weighted by Gasteiger charge is -1.89. The van der Waals surface area contributed by atoms with Crippen molar-refractivity contribution in [3.05, 3.63) is 59.7 Å². The maximum atomic E-state index is 11.0. The minimum absolute atomic E-state index is 0.414. The van der Waals surface area contributed by atoms with E-state index in [-0.39, 0.29) is 0 Å². The highest BCUT2D eigenvalue weighted by molar-refractivity contribution is 5.92. The molecule has 0 unspecified atom stereocenters. The smallest absolute Gasteiger partial charge is 0.248 e. The van der Waals surface area contributed by atoms with Crippen molar-refractivity contribution in [1.29, 1.82) is 0 Å². The fourth-order valence-electron chi connectivity index (χ4n) is 0.991. The van der Waals surface area contributed by atoms with Crippen LogP contribution in [-0.2, 0) is 0 Å². The van der Waals surface area contributed by atoms with Gasteiger partial charge in [0.15, 0.2) is 0 Å². The predicted octanol–water partition coefficient (Wildman–Crippen LogP) is 2.22. The highest BCUT2D eigenvalue weighted by atomic mass is 16.1. The zero-order chi connectivity index (χ0) is 10.4. The molecule has 2 heteroatoms. The molecule has 72 valence electrons. The molecule has 1 rings (SSSR count). The van der Waals surface area contributed by atoms with Crippen LogP contribution in [0.1, 0.15) is 15.9 Å². The minimum Gasteiger partial charge on any atom is -0.366 e. The number of aryl methyl sites for hydroxylation is 1. The summed E-state index contributed by atoms with van der Waals surface area (Å²) in [5.41, 5.74) is 6.77. The van der Waals surface area contributed by atoms with E-state index < -0.39 is 5.91 Å². The average molecular weight is 187 g/mol. The Bertz CT molecular complexity index is 384. The third-order valence-electron chi connectivity index (χ3n) is 1.78. The molecule has 1 aromatic carbocycles. The molecule has 0 aliphatic carbocycles. The number of carbonyl (C=O) groups excluding carboxylic acids is 1. The lowest BCUT2D eigenvalue weighted by Crippen LogP contribution is -2.09. The monoisotopic (exact) mass is 187 g/mol. The Hall–Kier alpha value is -1.83. The quantitative estimate of drug-likeness (QED) is 0.719. The maximum absolute atomic E-state index is 11.0. The van der Waals surface area contributed by atoms with Gasteiger partial charge in [-0.1, -0.05) is 42.0 Å². The normalized spacial score (nSPS) is 8.93. The van der Waals surface area contributed by atoms with E-state index >= 15 is 0 Å². The summed E-state index contributed by atoms with van der Waals surface area (Å²) < 4.78 is 0. The number of hydrogen-bond donors (Lipinski definition) is 1. The fourth-order valence-corrected chi connectivity index (χ4v) is 0.991. The summed E-state index contributed by atoms with van der Waals surface area (Å²) in [6.45, 7) is 1.96. The molecule has 0 heterocycles. The number of carbonyl (C=O) groups is 1. The van der Waals surface area contributed by atoms with Crippen molar-refractivity contribution in [2.45, 2.75) is 6.92 Å². The van der Waals surface area contributed by atoms with Gasteiger partial charge in [0, 0.05) is 5.56 Å². The first-order valence-corrected chi connectivity index (χ1v) is 4.40. The summed E-state index contributed by atoms with van der Waals surface area (Å²) in [6.07, 6.45) is 0. The van der Waals surface area contributed by atoms with E-state index in [1.54, 1.807) is 18.2 Å². The van der Waals surface area contributed by atoms with Crippen LogP contribution in [0.25, 0.3) is 0 Å². The third-order valence-corrected chi connectivity index (χ3v) is 1.78. The lowest BCUT2D eigenvalue weighted by atomic mass is 10.2. The Morgan fingerprint density at radius 3 is 2.29 bits per heavy atom. The van der Waals surface area contributed by atoms with Gasteiger partial charge in [0.05, 0.1) is 0 Å². The fraction of sp³-hybridized carbons (Fsp3) is 0.0833. The second-order valence-corrected chi connectivity index (χ2v) is 3.00. The van der Waals surface area contributed by atoms with Crippen molar-refractivity contribution in [3.8, 4) is 0 Å². The Kier molecular flexibility index (Phi) is 3.68. The lowest BCUT2D eigenvalue weighted by molar-refractivity contribution is 0.100. The summed E-state index contributed by atoms with van der Waals surface area (Å²) in [5, 5.41) is 0. The molecule has 1 aromatic rings. The first-order valence-electron chi connectivity index (χ1n) is 4.40. The van der Waals surface area contributed by atoms with E-state index in [0.29, 0.717) is 5.56 Å². The first-order chi connectivity index (χ1) is 6.70. The van der Waals surface area contributed by atoms with Crippen molar-refractivity contribution in [2.24, 2.45) is 5.73 Å². The van der Waals surface area contributed by atoms with Crippen molar-refractivity contribution in [2.75, 3.05) is 0 Å². The molecule has 0 fully saturated rings. The van der Waals surface area contributed by atoms with Gasteiger partial charge in [0.2, 0.25) is 5.91 Å². The second-order valence-electron chi connectivity index (χ2n) is 3.00. The van der Waals surface area contributed by atoms with Gasteiger partial charge in [-0.2, -0.15) is 0 Å². The summed E-state index contributed by atoms with van der Waals surface area (Å²) in [7, 11) is 0. The van der Waals surface area contributed by atoms with Crippen LogP contribution in [0, 0.1) is 6.92 Å². The number of rotatable bonds is 1. The maximum Gasteiger partial charge on any atom is 0.248 e. The molecule has 0 radical (unpaired) electrons. The van der Waals surface area contributed by atoms with Crippen LogP contribution < -0.4 is 5.73 Å². The Labute approximate surface area is 83.7 Å². The molecule has 0 saturated heterocycles. The van der Waals surface area contributed by atoms with Gasteiger partial charge in [0.1, 0.15) is 0 Å². The van der Waals surface area contributed by atoms with Gasteiger partial charge in [-0.25, -0.2) is 0 Å². The summed E-state index contributed by atoms with van der Waals surface area (Å²) in [5.74, 6) is -0.414. The molecule has 0 spiro atoms. The standard InChI is InChI=1S/C12H13NO/c1-10-6-4-2-3-5-7-11(9-8-10)12(13)14/h2-9H,1H3,(H2,13,14). The van der Waals surface area contributed by atoms with Gasteiger partial charge in [-0.3, -0.25) is 4.79 Å². The zero-order valence-electron chi connectivity index (χ0n) is 8.10. The summed E-state index contributed by atoms with van der Waals surface area (Å²) >= 11 is 0. The third kappa shape index (κ3) is 3.27. The van der Waals surface area contributed by atoms with Crippen LogP contribution >= 0.6 is 0 Å². The van der Waals surface area contributed by atoms with E-state index in [0.717, 1.165) is 5.56 Å². The molecule has 0 saturated carbocycles. The SMILES string of the molecule is Cc1ccccccc(C(N)=O)cc1. The van der Waals surface area contributed by atoms with Gasteiger partial charge in [0.25, 0.3) is 0 Å². The summed E-state index contributed by atoms with van der Waals surface area (Å²) in [6, 6.07) is 14.7. The van der Waals surface area contributed by atoms with Crippen molar-refractivity contribution >= 4 is 5.91 Å². The van der Waals surface area contributed by atoms with Crippen molar-refractivity contribution < 1.29 is 4.79 Å². The highest BCUT2D eigenvalue weighted by Gasteiger charge is 1.93. The van der Waals surface area contributed by atoms with Crippen LogP contribution in [0.3, 0.4) is 0 Å². The summed E-state index contributed by atoms with van der Waals surface area (Å²) in [4.78, 5) is 11.0. The minimum atomic E-state index is -0.414. The van der Waals surface area contributed by atoms with Crippen LogP contribution in [0.4, 0.5) is 0 Å². The largest absolute Gasteiger partial charge is 0.366 e. The van der Waals surface area contributed by atoms with Crippen LogP contribution in [0.15, 0.2) is 48.5 Å². The van der Waals surface area contributed by atoms with Crippen LogP contribution in [0.2, 0.25) is 0 Å². The predicted molar refractivity (Wildman–Crippen MR) is 57.3 cm³/mol. The van der Waals surface area contributed by atoms with E-state index in [1.165, 1.54) is 0 Å². The molecule has 0 aliphatic rings. The van der Waals surface area contributed by atoms with Crippen LogP contribution in [0.5, 0.6) is 0 Å². The zero-order valence-corrected chi connectivity index (χ0v) is 8.10. The highest BCUT2D eigenvalue weighted by Crippen LogP contribution is 1.96. The average Bonchev–Trinajstić information content (AvgIpc) is 2.15. The van der Waals surface area contributed by atoms with Gasteiger partial charge in [-0.05, 0) is 19.1 Å². The van der Waals surface area contributed by atoms with Crippen molar-refractivity contribution in [1.82, 2.24) is 0 Å². The van der Waals surface area contributed by atoms with E-state index in [4.69, 9.17) is 5.73 Å². The van der Waals surface area contributed by atoms with E-state index in [1.807, 2.05) is 37.3 Å². The Morgan fingerprint density at radius 2 is 1.64 bits per heavy atom. The molecule has 0 atom stereocenters. The Morgan fingerprint density at radius 1 is 1.00 bits per heavy atom. The molecule has 0 aliphatic heterocycles. The van der Waals surface area contributed by atoms with Gasteiger partial charge in [-0.15, -0.1) is 0 Å². The molecule has 0 bridgehead atoms. The number of hydrogen-bond acceptors (Lipinski definition) is 1. The van der Waals surface area contributed by atoms with Gasteiger partial charge < -0.3 is 5.73 Å². The van der Waals surface area contributed by atoms with Gasteiger partial charge >= 0.3 is 0 Å². The molecular weight excluding hydrogens is 174 g/mol. The van der Waals surface area contributed by atoms with E-state index in [9.17, 15) is 4.79 Å². The molecule has 2 N–H and O–H groups in total. The number of nitrogens with two attached hydrogens (primary N) is 1. The molecule has 0 aromatic heterocycles. The molecule has 14 heavy (non-hydrogen) atoms. The molecule has 1 amide bonds. The number of amides is 1. The van der Waals surface area contributed by atoms with Crippen molar-refractivity contribution in [3.63, 3.8) is 0 Å². The number of primary amides is 1. The van der Waals surface area contributed by atoms with Crippen LogP contribution in [-0.4, -0.2) is 5.91 Å². The second kappa shape index (κ2) is 5.02. The molecular formula is C12H13NO. The first kappa shape index (κ1) is 10.3. The molecule has 2 nitrogen and oxygen atoms in total. The Balaban J connectivity index is 3.30.